The molecule has 154 valence electrons. The van der Waals surface area contributed by atoms with Crippen molar-refractivity contribution in [3.8, 4) is 0 Å². The van der Waals surface area contributed by atoms with Crippen LogP contribution in [0.1, 0.15) is 21.6 Å². The van der Waals surface area contributed by atoms with Crippen molar-refractivity contribution in [3.05, 3.63) is 41.1 Å². The summed E-state index contributed by atoms with van der Waals surface area (Å²) >= 11 is 0. The first-order valence-electron chi connectivity index (χ1n) is 10.3. The number of benzene rings is 1. The Morgan fingerprint density at radius 2 is 1.66 bits per heavy atom. The van der Waals surface area contributed by atoms with Gasteiger partial charge in [-0.05, 0) is 32.0 Å². The van der Waals surface area contributed by atoms with Crippen LogP contribution in [-0.4, -0.2) is 90.5 Å². The van der Waals surface area contributed by atoms with Crippen LogP contribution in [0.2, 0.25) is 0 Å². The van der Waals surface area contributed by atoms with Crippen LogP contribution in [0.5, 0.6) is 0 Å². The summed E-state index contributed by atoms with van der Waals surface area (Å²) in [4.78, 5) is 36.1. The second kappa shape index (κ2) is 8.47. The van der Waals surface area contributed by atoms with Crippen molar-refractivity contribution in [2.45, 2.75) is 13.8 Å². The lowest BCUT2D eigenvalue weighted by Crippen LogP contribution is -2.53. The van der Waals surface area contributed by atoms with E-state index < -0.39 is 0 Å². The molecule has 4 rings (SSSR count). The summed E-state index contributed by atoms with van der Waals surface area (Å²) in [5, 5.41) is 0.985. The molecule has 0 radical (unpaired) electrons. The van der Waals surface area contributed by atoms with Crippen molar-refractivity contribution in [1.29, 1.82) is 0 Å². The molecule has 7 nitrogen and oxygen atoms in total. The van der Waals surface area contributed by atoms with Crippen LogP contribution < -0.4 is 0 Å². The molecule has 0 spiro atoms. The number of rotatable bonds is 3. The van der Waals surface area contributed by atoms with Gasteiger partial charge in [0.1, 0.15) is 0 Å². The van der Waals surface area contributed by atoms with Gasteiger partial charge in [0.2, 0.25) is 5.91 Å². The van der Waals surface area contributed by atoms with Gasteiger partial charge in [0.05, 0.1) is 36.5 Å². The number of fused-ring (bicyclic) bond motifs is 1. The average molecular weight is 396 g/mol. The lowest BCUT2D eigenvalue weighted by atomic mass is 10.1. The van der Waals surface area contributed by atoms with Gasteiger partial charge in [0.25, 0.3) is 5.91 Å². The monoisotopic (exact) mass is 396 g/mol. The average Bonchev–Trinajstić information content (AvgIpc) is 2.74. The van der Waals surface area contributed by atoms with E-state index in [0.29, 0.717) is 51.5 Å². The Kier molecular flexibility index (Phi) is 5.78. The van der Waals surface area contributed by atoms with Crippen LogP contribution in [0.25, 0.3) is 10.9 Å². The molecule has 1 aromatic carbocycles. The van der Waals surface area contributed by atoms with E-state index in [9.17, 15) is 9.59 Å². The Labute approximate surface area is 171 Å². The van der Waals surface area contributed by atoms with Gasteiger partial charge in [-0.25, -0.2) is 0 Å². The number of pyridine rings is 1. The zero-order chi connectivity index (χ0) is 20.4. The Balaban J connectivity index is 1.39. The lowest BCUT2D eigenvalue weighted by Gasteiger charge is -2.36. The minimum atomic E-state index is -0.00122. The molecule has 3 heterocycles. The number of ether oxygens (including phenoxy) is 1. The molecule has 2 fully saturated rings. The van der Waals surface area contributed by atoms with Crippen LogP contribution in [0.4, 0.5) is 0 Å². The zero-order valence-electron chi connectivity index (χ0n) is 17.2. The summed E-state index contributed by atoms with van der Waals surface area (Å²) in [6, 6.07) is 8.03. The molecule has 2 aliphatic heterocycles. The molecule has 0 unspecified atom stereocenters. The fraction of sp³-hybridized carbons (Fsp3) is 0.500. The minimum Gasteiger partial charge on any atom is -0.379 e. The largest absolute Gasteiger partial charge is 0.379 e. The highest BCUT2D eigenvalue weighted by molar-refractivity contribution is 5.99. The van der Waals surface area contributed by atoms with Crippen LogP contribution in [0.3, 0.4) is 0 Å². The predicted octanol–water partition coefficient (Wildman–Crippen LogP) is 1.47. The summed E-state index contributed by atoms with van der Waals surface area (Å²) in [6.07, 6.45) is 0. The first kappa shape index (κ1) is 19.8. The Bertz CT molecular complexity index is 916. The highest BCUT2D eigenvalue weighted by Gasteiger charge is 2.27. The molecule has 0 bridgehead atoms. The first-order chi connectivity index (χ1) is 14.0. The van der Waals surface area contributed by atoms with E-state index in [-0.39, 0.29) is 11.8 Å². The van der Waals surface area contributed by atoms with Crippen LogP contribution >= 0.6 is 0 Å². The number of nitrogens with zero attached hydrogens (tertiary/aromatic N) is 4. The van der Waals surface area contributed by atoms with Gasteiger partial charge in [-0.15, -0.1) is 0 Å². The standard InChI is InChI=1S/C22H28N4O3/c1-16-3-4-20-18(13-16)14-19(17(2)23-20)22(28)26-7-5-25(6-8-26)21(27)15-24-9-11-29-12-10-24/h3-4,13-14H,5-12,15H2,1-2H3. The van der Waals surface area contributed by atoms with E-state index in [1.54, 1.807) is 0 Å². The number of piperazine rings is 1. The first-order valence-corrected chi connectivity index (χ1v) is 10.3. The molecule has 0 atom stereocenters. The fourth-order valence-electron chi connectivity index (χ4n) is 3.99. The molecule has 2 saturated heterocycles. The fourth-order valence-corrected chi connectivity index (χ4v) is 3.99. The molecule has 0 N–H and O–H groups in total. The Hall–Kier alpha value is -2.51. The number of amides is 2. The van der Waals surface area contributed by atoms with Gasteiger partial charge in [-0.1, -0.05) is 11.6 Å². The molecule has 0 aliphatic carbocycles. The van der Waals surface area contributed by atoms with Crippen molar-refractivity contribution < 1.29 is 14.3 Å². The van der Waals surface area contributed by atoms with Gasteiger partial charge >= 0.3 is 0 Å². The Morgan fingerprint density at radius 3 is 2.38 bits per heavy atom. The van der Waals surface area contributed by atoms with Crippen molar-refractivity contribution in [1.82, 2.24) is 19.7 Å². The van der Waals surface area contributed by atoms with Crippen molar-refractivity contribution in [2.75, 3.05) is 59.0 Å². The van der Waals surface area contributed by atoms with Gasteiger partial charge in [-0.2, -0.15) is 0 Å². The van der Waals surface area contributed by atoms with Crippen LogP contribution in [-0.2, 0) is 9.53 Å². The van der Waals surface area contributed by atoms with E-state index in [0.717, 1.165) is 35.2 Å². The summed E-state index contributed by atoms with van der Waals surface area (Å²) in [6.45, 7) is 9.60. The highest BCUT2D eigenvalue weighted by atomic mass is 16.5. The Morgan fingerprint density at radius 1 is 0.966 bits per heavy atom. The van der Waals surface area contributed by atoms with E-state index in [1.165, 1.54) is 0 Å². The second-order valence-corrected chi connectivity index (χ2v) is 7.88. The van der Waals surface area contributed by atoms with Crippen LogP contribution in [0.15, 0.2) is 24.3 Å². The molecule has 2 aromatic rings. The second-order valence-electron chi connectivity index (χ2n) is 7.88. The third-order valence-corrected chi connectivity index (χ3v) is 5.77. The topological polar surface area (TPSA) is 66.0 Å². The van der Waals surface area contributed by atoms with Gasteiger partial charge in [0, 0.05) is 44.7 Å². The number of aryl methyl sites for hydroxylation is 2. The number of aromatic nitrogens is 1. The molecule has 29 heavy (non-hydrogen) atoms. The van der Waals surface area contributed by atoms with Crippen molar-refractivity contribution in [3.63, 3.8) is 0 Å². The number of morpholine rings is 1. The van der Waals surface area contributed by atoms with Gasteiger partial charge < -0.3 is 14.5 Å². The summed E-state index contributed by atoms with van der Waals surface area (Å²) in [5.41, 5.74) is 3.45. The third-order valence-electron chi connectivity index (χ3n) is 5.77. The van der Waals surface area contributed by atoms with Crippen LogP contribution in [0, 0.1) is 13.8 Å². The third kappa shape index (κ3) is 4.41. The van der Waals surface area contributed by atoms with E-state index in [1.807, 2.05) is 41.8 Å². The smallest absolute Gasteiger partial charge is 0.255 e. The quantitative estimate of drug-likeness (QED) is 0.786. The number of hydrogen-bond acceptors (Lipinski definition) is 5. The molecule has 2 amide bonds. The molecular formula is C22H28N4O3. The molecule has 1 aromatic heterocycles. The SMILES string of the molecule is Cc1ccc2nc(C)c(C(=O)N3CCN(C(=O)CN4CCOCC4)CC3)cc2c1. The maximum atomic E-state index is 13.1. The van der Waals surface area contributed by atoms with Crippen molar-refractivity contribution in [2.24, 2.45) is 0 Å². The van der Waals surface area contributed by atoms with E-state index in [4.69, 9.17) is 4.74 Å². The maximum Gasteiger partial charge on any atom is 0.255 e. The summed E-state index contributed by atoms with van der Waals surface area (Å²) in [7, 11) is 0. The number of carbonyl (C=O) groups excluding carboxylic acids is 2. The van der Waals surface area contributed by atoms with Gasteiger partial charge in [-0.3, -0.25) is 19.5 Å². The normalized spacial score (nSPS) is 18.3. The van der Waals surface area contributed by atoms with E-state index in [2.05, 4.69) is 16.0 Å². The van der Waals surface area contributed by atoms with Crippen molar-refractivity contribution >= 4 is 22.7 Å². The minimum absolute atomic E-state index is 0.00122. The molecule has 2 aliphatic rings. The maximum absolute atomic E-state index is 13.1. The molecular weight excluding hydrogens is 368 g/mol. The summed E-state index contributed by atoms with van der Waals surface area (Å²) < 4.78 is 5.34. The number of hydrogen-bond donors (Lipinski definition) is 0. The lowest BCUT2D eigenvalue weighted by molar-refractivity contribution is -0.134. The zero-order valence-corrected chi connectivity index (χ0v) is 17.2. The predicted molar refractivity (Wildman–Crippen MR) is 111 cm³/mol. The summed E-state index contributed by atoms with van der Waals surface area (Å²) in [5.74, 6) is 0.136. The molecule has 0 saturated carbocycles. The van der Waals surface area contributed by atoms with E-state index >= 15 is 0 Å². The number of carbonyl (C=O) groups is 2. The highest BCUT2D eigenvalue weighted by Crippen LogP contribution is 2.20. The molecule has 7 heteroatoms. The van der Waals surface area contributed by atoms with Gasteiger partial charge in [0.15, 0.2) is 0 Å².